The van der Waals surface area contributed by atoms with Gasteiger partial charge in [0.25, 0.3) is 0 Å². The Labute approximate surface area is 60.1 Å². The van der Waals surface area contributed by atoms with E-state index in [-0.39, 0.29) is 0 Å². The largest absolute Gasteiger partial charge is 0.327 e. The topological polar surface area (TPSA) is 38.9 Å². The number of hydrogen-bond donors (Lipinski definition) is 1. The zero-order chi connectivity index (χ0) is 6.97. The fraction of sp³-hybridized carbons (Fsp3) is 0.375. The predicted molar refractivity (Wildman–Crippen MR) is 39.6 cm³/mol. The van der Waals surface area contributed by atoms with E-state index in [1.54, 1.807) is 0 Å². The number of hydrogen-bond acceptors (Lipinski definition) is 2. The van der Waals surface area contributed by atoms with Crippen molar-refractivity contribution in [3.63, 3.8) is 0 Å². The molecule has 0 fully saturated rings. The van der Waals surface area contributed by atoms with E-state index in [4.69, 9.17) is 5.73 Å². The Balaban J connectivity index is 2.42. The Bertz CT molecular complexity index is 220. The summed E-state index contributed by atoms with van der Waals surface area (Å²) in [6.07, 6.45) is 5.78. The third-order valence-corrected chi connectivity index (χ3v) is 1.97. The summed E-state index contributed by atoms with van der Waals surface area (Å²) in [5.74, 6) is 0. The molecule has 0 bridgehead atoms. The number of pyridine rings is 1. The van der Waals surface area contributed by atoms with E-state index >= 15 is 0 Å². The molecule has 0 aromatic carbocycles. The summed E-state index contributed by atoms with van der Waals surface area (Å²) in [5, 5.41) is 0. The first-order valence-electron chi connectivity index (χ1n) is 3.53. The SMILES string of the molecule is N[C@@H]1Cc2ccncc2C1. The van der Waals surface area contributed by atoms with Crippen LogP contribution in [-0.4, -0.2) is 11.0 Å². The van der Waals surface area contributed by atoms with Crippen molar-refractivity contribution in [3.8, 4) is 0 Å². The number of aromatic nitrogens is 1. The molecule has 1 aromatic rings. The van der Waals surface area contributed by atoms with Crippen LogP contribution >= 0.6 is 0 Å². The van der Waals surface area contributed by atoms with E-state index in [9.17, 15) is 0 Å². The molecule has 52 valence electrons. The summed E-state index contributed by atoms with van der Waals surface area (Å²) in [6, 6.07) is 2.39. The lowest BCUT2D eigenvalue weighted by molar-refractivity contribution is 0.721. The first-order chi connectivity index (χ1) is 4.86. The van der Waals surface area contributed by atoms with Crippen molar-refractivity contribution in [1.29, 1.82) is 0 Å². The molecule has 2 rings (SSSR count). The highest BCUT2D eigenvalue weighted by molar-refractivity contribution is 5.29. The summed E-state index contributed by atoms with van der Waals surface area (Å²) < 4.78 is 0. The number of nitrogens with zero attached hydrogens (tertiary/aromatic N) is 1. The molecule has 0 saturated carbocycles. The monoisotopic (exact) mass is 134 g/mol. The summed E-state index contributed by atoms with van der Waals surface area (Å²) in [6.45, 7) is 0. The number of fused-ring (bicyclic) bond motifs is 1. The third-order valence-electron chi connectivity index (χ3n) is 1.97. The lowest BCUT2D eigenvalue weighted by Crippen LogP contribution is -2.18. The van der Waals surface area contributed by atoms with Crippen molar-refractivity contribution in [2.45, 2.75) is 18.9 Å². The average Bonchev–Trinajstić information content (AvgIpc) is 2.27. The maximum atomic E-state index is 5.76. The zero-order valence-corrected chi connectivity index (χ0v) is 5.75. The van der Waals surface area contributed by atoms with Crippen LogP contribution in [0.1, 0.15) is 11.1 Å². The van der Waals surface area contributed by atoms with E-state index in [2.05, 4.69) is 11.1 Å². The second-order valence-electron chi connectivity index (χ2n) is 2.81. The second-order valence-corrected chi connectivity index (χ2v) is 2.81. The van der Waals surface area contributed by atoms with Crippen molar-refractivity contribution in [2.24, 2.45) is 5.73 Å². The molecule has 1 aliphatic carbocycles. The maximum absolute atomic E-state index is 5.76. The quantitative estimate of drug-likeness (QED) is 0.561. The van der Waals surface area contributed by atoms with Gasteiger partial charge in [-0.1, -0.05) is 0 Å². The van der Waals surface area contributed by atoms with Crippen LogP contribution in [0.5, 0.6) is 0 Å². The van der Waals surface area contributed by atoms with Gasteiger partial charge in [0.05, 0.1) is 0 Å². The van der Waals surface area contributed by atoms with Gasteiger partial charge in [-0.05, 0) is 30.0 Å². The van der Waals surface area contributed by atoms with Gasteiger partial charge in [-0.2, -0.15) is 0 Å². The lowest BCUT2D eigenvalue weighted by atomic mass is 10.2. The molecule has 0 amide bonds. The Hall–Kier alpha value is -0.890. The van der Waals surface area contributed by atoms with Gasteiger partial charge in [-0.15, -0.1) is 0 Å². The van der Waals surface area contributed by atoms with E-state index < -0.39 is 0 Å². The van der Waals surface area contributed by atoms with Crippen LogP contribution in [0.15, 0.2) is 18.5 Å². The number of nitrogens with two attached hydrogens (primary N) is 1. The predicted octanol–water partition coefficient (Wildman–Crippen LogP) is 0.508. The zero-order valence-electron chi connectivity index (χ0n) is 5.75. The smallest absolute Gasteiger partial charge is 0.0303 e. The van der Waals surface area contributed by atoms with E-state index in [1.165, 1.54) is 11.1 Å². The van der Waals surface area contributed by atoms with E-state index in [0.717, 1.165) is 12.8 Å². The van der Waals surface area contributed by atoms with Crippen LogP contribution in [0.3, 0.4) is 0 Å². The molecule has 1 aliphatic rings. The molecule has 0 aliphatic heterocycles. The molecule has 1 atom stereocenters. The van der Waals surface area contributed by atoms with Gasteiger partial charge in [0.15, 0.2) is 0 Å². The lowest BCUT2D eigenvalue weighted by Gasteiger charge is -1.94. The van der Waals surface area contributed by atoms with Crippen molar-refractivity contribution < 1.29 is 0 Å². The molecule has 0 spiro atoms. The van der Waals surface area contributed by atoms with Crippen LogP contribution in [0.2, 0.25) is 0 Å². The minimum atomic E-state index is 0.333. The van der Waals surface area contributed by atoms with E-state index in [1.807, 2.05) is 12.4 Å². The molecule has 0 radical (unpaired) electrons. The minimum Gasteiger partial charge on any atom is -0.327 e. The Morgan fingerprint density at radius 3 is 3.00 bits per heavy atom. The molecule has 0 unspecified atom stereocenters. The highest BCUT2D eigenvalue weighted by Gasteiger charge is 2.16. The Kier molecular flexibility index (Phi) is 1.21. The van der Waals surface area contributed by atoms with Gasteiger partial charge in [-0.25, -0.2) is 0 Å². The fourth-order valence-electron chi connectivity index (χ4n) is 1.48. The first kappa shape index (κ1) is 5.86. The van der Waals surface area contributed by atoms with Crippen LogP contribution < -0.4 is 5.73 Å². The van der Waals surface area contributed by atoms with Gasteiger partial charge in [0.1, 0.15) is 0 Å². The van der Waals surface area contributed by atoms with Crippen molar-refractivity contribution >= 4 is 0 Å². The molecule has 1 aromatic heterocycles. The van der Waals surface area contributed by atoms with Crippen molar-refractivity contribution in [1.82, 2.24) is 4.98 Å². The molecular weight excluding hydrogens is 124 g/mol. The summed E-state index contributed by atoms with van der Waals surface area (Å²) in [5.41, 5.74) is 8.46. The van der Waals surface area contributed by atoms with Crippen LogP contribution in [0, 0.1) is 0 Å². The second kappa shape index (κ2) is 2.06. The third kappa shape index (κ3) is 0.809. The van der Waals surface area contributed by atoms with Crippen molar-refractivity contribution in [2.75, 3.05) is 0 Å². The summed E-state index contributed by atoms with van der Waals surface area (Å²) >= 11 is 0. The Morgan fingerprint density at radius 1 is 1.40 bits per heavy atom. The molecule has 1 heterocycles. The van der Waals surface area contributed by atoms with Crippen LogP contribution in [0.25, 0.3) is 0 Å². The maximum Gasteiger partial charge on any atom is 0.0303 e. The minimum absolute atomic E-state index is 0.333. The molecular formula is C8H10N2. The fourth-order valence-corrected chi connectivity index (χ4v) is 1.48. The average molecular weight is 134 g/mol. The first-order valence-corrected chi connectivity index (χ1v) is 3.53. The number of rotatable bonds is 0. The van der Waals surface area contributed by atoms with Gasteiger partial charge in [0, 0.05) is 18.4 Å². The molecule has 10 heavy (non-hydrogen) atoms. The standard InChI is InChI=1S/C8H10N2/c9-8-3-6-1-2-10-5-7(6)4-8/h1-2,5,8H,3-4,9H2/t8-/m1/s1. The van der Waals surface area contributed by atoms with Gasteiger partial charge >= 0.3 is 0 Å². The normalized spacial score (nSPS) is 22.7. The Morgan fingerprint density at radius 2 is 2.20 bits per heavy atom. The van der Waals surface area contributed by atoms with Crippen LogP contribution in [-0.2, 0) is 12.8 Å². The van der Waals surface area contributed by atoms with Gasteiger partial charge in [-0.3, -0.25) is 4.98 Å². The van der Waals surface area contributed by atoms with E-state index in [0.29, 0.717) is 6.04 Å². The molecule has 2 nitrogen and oxygen atoms in total. The summed E-state index contributed by atoms with van der Waals surface area (Å²) in [7, 11) is 0. The summed E-state index contributed by atoms with van der Waals surface area (Å²) in [4.78, 5) is 4.04. The van der Waals surface area contributed by atoms with Gasteiger partial charge in [0.2, 0.25) is 0 Å². The van der Waals surface area contributed by atoms with Gasteiger partial charge < -0.3 is 5.73 Å². The molecule has 0 saturated heterocycles. The highest BCUT2D eigenvalue weighted by atomic mass is 14.7. The van der Waals surface area contributed by atoms with Crippen LogP contribution in [0.4, 0.5) is 0 Å². The van der Waals surface area contributed by atoms with Crippen molar-refractivity contribution in [3.05, 3.63) is 29.6 Å². The molecule has 2 heteroatoms. The molecule has 2 N–H and O–H groups in total. The highest BCUT2D eigenvalue weighted by Crippen LogP contribution is 2.18.